The molecule has 8 heteroatoms. The van der Waals surface area contributed by atoms with Crippen molar-refractivity contribution in [2.24, 2.45) is 12.8 Å². The largest absolute Gasteiger partial charge is 0.348 e. The van der Waals surface area contributed by atoms with Crippen LogP contribution in [0.4, 0.5) is 0 Å². The van der Waals surface area contributed by atoms with Crippen LogP contribution in [0.3, 0.4) is 0 Å². The minimum absolute atomic E-state index is 0. The zero-order valence-corrected chi connectivity index (χ0v) is 17.9. The lowest BCUT2D eigenvalue weighted by Gasteiger charge is -2.25. The van der Waals surface area contributed by atoms with Crippen LogP contribution in [0.25, 0.3) is 11.0 Å². The number of amides is 2. The fourth-order valence-corrected chi connectivity index (χ4v) is 4.00. The molecule has 0 aliphatic carbocycles. The molecule has 1 aromatic carbocycles. The van der Waals surface area contributed by atoms with Crippen molar-refractivity contribution < 1.29 is 9.59 Å². The normalized spacial score (nSPS) is 14.5. The van der Waals surface area contributed by atoms with Gasteiger partial charge in [-0.2, -0.15) is 9.69 Å². The van der Waals surface area contributed by atoms with Gasteiger partial charge >= 0.3 is 5.69 Å². The topological polar surface area (TPSA) is 90.3 Å². The van der Waals surface area contributed by atoms with Crippen LogP contribution in [0.1, 0.15) is 63.4 Å². The summed E-state index contributed by atoms with van der Waals surface area (Å²) >= 11 is 0. The van der Waals surface area contributed by atoms with Crippen LogP contribution in [-0.2, 0) is 23.1 Å². The number of benzene rings is 1. The Kier molecular flexibility index (Phi) is 8.46. The molecule has 0 radical (unpaired) electrons. The molecule has 160 valence electrons. The Balaban J connectivity index is 0.00000300. The Morgan fingerprint density at radius 3 is 2.21 bits per heavy atom. The number of aromatic nitrogens is 2. The summed E-state index contributed by atoms with van der Waals surface area (Å²) in [5.74, 6) is -0.623. The molecule has 0 atom stereocenters. The number of rotatable bonds is 9. The van der Waals surface area contributed by atoms with Crippen LogP contribution < -0.4 is 16.4 Å². The Hall–Kier alpha value is -2.12. The van der Waals surface area contributed by atoms with Crippen molar-refractivity contribution in [2.45, 2.75) is 64.2 Å². The highest BCUT2D eigenvalue weighted by molar-refractivity contribution is 6.11. The third kappa shape index (κ3) is 4.90. The van der Waals surface area contributed by atoms with Crippen LogP contribution in [0, 0.1) is 0 Å². The molecular weight excluding hydrogens is 392 g/mol. The van der Waals surface area contributed by atoms with Gasteiger partial charge < -0.3 is 5.73 Å². The van der Waals surface area contributed by atoms with Gasteiger partial charge in [0.05, 0.1) is 11.0 Å². The van der Waals surface area contributed by atoms with E-state index in [-0.39, 0.29) is 29.9 Å². The molecule has 0 unspecified atom stereocenters. The molecule has 0 saturated carbocycles. The summed E-state index contributed by atoms with van der Waals surface area (Å²) in [7, 11) is 1.70. The predicted octanol–water partition coefficient (Wildman–Crippen LogP) is 2.78. The van der Waals surface area contributed by atoms with Crippen molar-refractivity contribution in [3.8, 4) is 0 Å². The smallest absolute Gasteiger partial charge is 0.330 e. The second-order valence-electron chi connectivity index (χ2n) is 7.55. The van der Waals surface area contributed by atoms with E-state index in [1.807, 2.05) is 18.2 Å². The number of halogens is 1. The number of nitrogens with two attached hydrogens (primary N) is 1. The number of carbonyl (C=O) groups is 2. The average Bonchev–Trinajstić information content (AvgIpc) is 2.93. The fourth-order valence-electron chi connectivity index (χ4n) is 4.00. The minimum Gasteiger partial charge on any atom is -0.330 e. The molecule has 2 aromatic rings. The van der Waals surface area contributed by atoms with E-state index in [0.29, 0.717) is 24.8 Å². The van der Waals surface area contributed by atoms with Crippen molar-refractivity contribution in [3.63, 3.8) is 0 Å². The lowest BCUT2D eigenvalue weighted by Crippen LogP contribution is -2.52. The average molecular weight is 423 g/mol. The Bertz CT molecular complexity index is 903. The number of piperidine rings is 1. The van der Waals surface area contributed by atoms with Crippen LogP contribution in [-0.4, -0.2) is 27.6 Å². The van der Waals surface area contributed by atoms with Gasteiger partial charge in [0.1, 0.15) is 0 Å². The maximum atomic E-state index is 12.9. The zero-order chi connectivity index (χ0) is 20.1. The summed E-state index contributed by atoms with van der Waals surface area (Å²) in [6, 6.07) is 5.73. The third-order valence-electron chi connectivity index (χ3n) is 5.48. The molecule has 7 nitrogen and oxygen atoms in total. The number of hydrogen-bond acceptors (Lipinski definition) is 4. The van der Waals surface area contributed by atoms with Crippen LogP contribution in [0.2, 0.25) is 0 Å². The van der Waals surface area contributed by atoms with E-state index in [0.717, 1.165) is 48.3 Å². The van der Waals surface area contributed by atoms with Crippen LogP contribution in [0.15, 0.2) is 23.0 Å². The van der Waals surface area contributed by atoms with Crippen LogP contribution in [0.5, 0.6) is 0 Å². The predicted molar refractivity (Wildman–Crippen MR) is 117 cm³/mol. The van der Waals surface area contributed by atoms with Gasteiger partial charge in [-0.05, 0) is 43.9 Å². The number of imidazole rings is 1. The molecule has 0 bridgehead atoms. The van der Waals surface area contributed by atoms with Gasteiger partial charge in [0, 0.05) is 19.9 Å². The lowest BCUT2D eigenvalue weighted by molar-refractivity contribution is -0.131. The van der Waals surface area contributed by atoms with Gasteiger partial charge in [-0.3, -0.25) is 14.2 Å². The Morgan fingerprint density at radius 2 is 1.55 bits per heavy atom. The van der Waals surface area contributed by atoms with E-state index in [2.05, 4.69) is 0 Å². The van der Waals surface area contributed by atoms with Crippen molar-refractivity contribution in [1.29, 1.82) is 0 Å². The summed E-state index contributed by atoms with van der Waals surface area (Å²) in [5.41, 5.74) is 7.68. The van der Waals surface area contributed by atoms with Crippen molar-refractivity contribution in [2.75, 3.05) is 11.6 Å². The van der Waals surface area contributed by atoms with E-state index in [4.69, 9.17) is 5.73 Å². The highest BCUT2D eigenvalue weighted by Crippen LogP contribution is 2.22. The maximum absolute atomic E-state index is 12.9. The summed E-state index contributed by atoms with van der Waals surface area (Å²) in [6.45, 7) is 0.759. The summed E-state index contributed by atoms with van der Waals surface area (Å²) in [4.78, 5) is 37.6. The number of hydrogen-bond donors (Lipinski definition) is 1. The maximum Gasteiger partial charge on any atom is 0.348 e. The van der Waals surface area contributed by atoms with Gasteiger partial charge in [-0.1, -0.05) is 37.8 Å². The van der Waals surface area contributed by atoms with Gasteiger partial charge in [-0.25, -0.2) is 4.79 Å². The quantitative estimate of drug-likeness (QED) is 0.497. The van der Waals surface area contributed by atoms with Crippen molar-refractivity contribution >= 4 is 35.3 Å². The molecule has 1 aliphatic rings. The van der Waals surface area contributed by atoms with Crippen molar-refractivity contribution in [1.82, 2.24) is 9.24 Å². The lowest BCUT2D eigenvalue weighted by atomic mass is 10.0. The standard InChI is InChI=1S/C21H30N4O3.ClH/c1-23-20-16(10-6-4-2-3-5-7-15-22)11-8-12-17(20)24(21(23)28)25-18(26)13-9-14-19(25)27;/h8,11-12H,2-7,9-10,13-15,22H2,1H3;1H. The summed E-state index contributed by atoms with van der Waals surface area (Å²) in [6.07, 6.45) is 8.84. The van der Waals surface area contributed by atoms with Gasteiger partial charge in [0.15, 0.2) is 0 Å². The van der Waals surface area contributed by atoms with E-state index >= 15 is 0 Å². The monoisotopic (exact) mass is 422 g/mol. The molecule has 29 heavy (non-hydrogen) atoms. The second kappa shape index (κ2) is 10.6. The first-order chi connectivity index (χ1) is 13.6. The second-order valence-corrected chi connectivity index (χ2v) is 7.55. The third-order valence-corrected chi connectivity index (χ3v) is 5.48. The van der Waals surface area contributed by atoms with Gasteiger partial charge in [0.25, 0.3) is 0 Å². The number of imide groups is 1. The SMILES string of the molecule is Cl.Cn1c(=O)n(N2C(=O)CCCC2=O)c2cccc(CCCCCCCCN)c21. The van der Waals surface area contributed by atoms with Crippen molar-refractivity contribution in [3.05, 3.63) is 34.2 Å². The molecule has 3 rings (SSSR count). The molecule has 1 aromatic heterocycles. The molecule has 1 fully saturated rings. The van der Waals surface area contributed by atoms with E-state index in [9.17, 15) is 14.4 Å². The molecular formula is C21H31ClN4O3. The zero-order valence-electron chi connectivity index (χ0n) is 17.1. The number of para-hydroxylation sites is 1. The van der Waals surface area contributed by atoms with E-state index in [1.54, 1.807) is 11.6 Å². The summed E-state index contributed by atoms with van der Waals surface area (Å²) in [5, 5.41) is 1.04. The first-order valence-corrected chi connectivity index (χ1v) is 10.3. The number of unbranched alkanes of at least 4 members (excludes halogenated alkanes) is 5. The molecule has 1 saturated heterocycles. The molecule has 2 heterocycles. The Labute approximate surface area is 177 Å². The molecule has 2 amide bonds. The summed E-state index contributed by atoms with van der Waals surface area (Å²) < 4.78 is 2.82. The van der Waals surface area contributed by atoms with Crippen LogP contribution >= 0.6 is 12.4 Å². The number of aryl methyl sites for hydroxylation is 2. The van der Waals surface area contributed by atoms with Gasteiger partial charge in [-0.15, -0.1) is 12.4 Å². The highest BCUT2D eigenvalue weighted by Gasteiger charge is 2.31. The molecule has 1 aliphatic heterocycles. The highest BCUT2D eigenvalue weighted by atomic mass is 35.5. The number of nitrogens with zero attached hydrogens (tertiary/aromatic N) is 3. The first kappa shape index (κ1) is 23.2. The first-order valence-electron chi connectivity index (χ1n) is 10.3. The molecule has 2 N–H and O–H groups in total. The van der Waals surface area contributed by atoms with Gasteiger partial charge in [0.2, 0.25) is 11.8 Å². The molecule has 0 spiro atoms. The van der Waals surface area contributed by atoms with E-state index in [1.165, 1.54) is 23.9 Å². The Morgan fingerprint density at radius 1 is 0.931 bits per heavy atom. The fraction of sp³-hybridized carbons (Fsp3) is 0.571. The number of fused-ring (bicyclic) bond motifs is 1. The number of carbonyl (C=O) groups excluding carboxylic acids is 2. The minimum atomic E-state index is -0.354. The van der Waals surface area contributed by atoms with E-state index < -0.39 is 0 Å².